The number of aromatic nitrogens is 2. The van der Waals surface area contributed by atoms with Gasteiger partial charge in [-0.15, -0.1) is 0 Å². The van der Waals surface area contributed by atoms with Gasteiger partial charge in [0, 0.05) is 17.2 Å². The molecule has 4 aromatic rings. The number of nitrogens with one attached hydrogen (secondary N) is 2. The lowest BCUT2D eigenvalue weighted by Crippen LogP contribution is -2.13. The van der Waals surface area contributed by atoms with E-state index in [4.69, 9.17) is 19.9 Å². The number of nitrogens with two attached hydrogens (primary N) is 1. The molecular weight excluding hydrogens is 520 g/mol. The summed E-state index contributed by atoms with van der Waals surface area (Å²) >= 11 is 0. The van der Waals surface area contributed by atoms with Crippen molar-refractivity contribution in [2.45, 2.75) is 34.6 Å². The third-order valence-corrected chi connectivity index (χ3v) is 5.85. The maximum absolute atomic E-state index is 11.2. The molecule has 0 spiro atoms. The van der Waals surface area contributed by atoms with Crippen molar-refractivity contribution in [3.8, 4) is 22.3 Å². The van der Waals surface area contributed by atoms with Gasteiger partial charge in [-0.1, -0.05) is 22.4 Å². The van der Waals surface area contributed by atoms with E-state index in [0.29, 0.717) is 34.1 Å². The predicted molar refractivity (Wildman–Crippen MR) is 149 cm³/mol. The molecular formula is C27H30N6O7. The summed E-state index contributed by atoms with van der Waals surface area (Å²) in [5.41, 5.74) is 11.9. The van der Waals surface area contributed by atoms with Crippen molar-refractivity contribution in [1.82, 2.24) is 10.3 Å². The highest BCUT2D eigenvalue weighted by atomic mass is 16.6. The standard InChI is InChI=1S/C14H15N3O4.C13H15N3O3/c1-8(18)7-15-12-5-4-11(6-13(12)17(19)20)14-9(2)16-21-10(14)3;1-7-13(8(2)19-16-7)9-3-4-11(10(14)5-9)15-6-12(17)18/h4-6,15H,7H2,1-3H3;3-5,15H,6,14H2,1-2H3,(H,17,18). The Labute approximate surface area is 229 Å². The Bertz CT molecular complexity index is 1520. The lowest BCUT2D eigenvalue weighted by molar-refractivity contribution is -0.383. The number of anilines is 3. The number of nitro benzene ring substituents is 1. The second kappa shape index (κ2) is 12.6. The van der Waals surface area contributed by atoms with Gasteiger partial charge in [-0.3, -0.25) is 19.7 Å². The molecule has 40 heavy (non-hydrogen) atoms. The van der Waals surface area contributed by atoms with E-state index in [2.05, 4.69) is 20.9 Å². The molecule has 0 fully saturated rings. The second-order valence-corrected chi connectivity index (χ2v) is 8.99. The first kappa shape index (κ1) is 29.4. The quantitative estimate of drug-likeness (QED) is 0.125. The number of Topliss-reactive ketones (excluding diaryl/α,β-unsaturated/α-hetero) is 1. The average Bonchev–Trinajstić information content (AvgIpc) is 3.41. The summed E-state index contributed by atoms with van der Waals surface area (Å²) in [7, 11) is 0. The second-order valence-electron chi connectivity index (χ2n) is 8.99. The van der Waals surface area contributed by atoms with Crippen LogP contribution >= 0.6 is 0 Å². The van der Waals surface area contributed by atoms with E-state index in [0.717, 1.165) is 28.1 Å². The number of aliphatic carboxylic acids is 1. The van der Waals surface area contributed by atoms with Crippen molar-refractivity contribution in [3.63, 3.8) is 0 Å². The molecule has 0 bridgehead atoms. The van der Waals surface area contributed by atoms with Crippen LogP contribution in [0.1, 0.15) is 29.8 Å². The minimum atomic E-state index is -0.936. The summed E-state index contributed by atoms with van der Waals surface area (Å²) in [4.78, 5) is 32.2. The number of rotatable bonds is 9. The van der Waals surface area contributed by atoms with Crippen LogP contribution in [0, 0.1) is 37.8 Å². The molecule has 13 heteroatoms. The predicted octanol–water partition coefficient (Wildman–Crippen LogP) is 4.90. The van der Waals surface area contributed by atoms with Crippen molar-refractivity contribution in [2.75, 3.05) is 29.5 Å². The number of carbonyl (C=O) groups is 2. The molecule has 0 amide bonds. The summed E-state index contributed by atoms with van der Waals surface area (Å²) < 4.78 is 10.2. The van der Waals surface area contributed by atoms with E-state index in [1.807, 2.05) is 19.9 Å². The Morgan fingerprint density at radius 1 is 0.900 bits per heavy atom. The van der Waals surface area contributed by atoms with Gasteiger partial charge in [0.05, 0.1) is 34.2 Å². The molecule has 2 aromatic carbocycles. The zero-order valence-electron chi connectivity index (χ0n) is 22.7. The zero-order chi connectivity index (χ0) is 29.6. The van der Waals surface area contributed by atoms with Crippen LogP contribution in [0.4, 0.5) is 22.7 Å². The lowest BCUT2D eigenvalue weighted by Gasteiger charge is -2.09. The van der Waals surface area contributed by atoms with Crippen molar-refractivity contribution >= 4 is 34.5 Å². The van der Waals surface area contributed by atoms with E-state index >= 15 is 0 Å². The van der Waals surface area contributed by atoms with Crippen molar-refractivity contribution in [2.24, 2.45) is 0 Å². The van der Waals surface area contributed by atoms with Crippen LogP contribution in [-0.4, -0.2) is 45.2 Å². The first-order chi connectivity index (χ1) is 18.9. The molecule has 0 aliphatic heterocycles. The summed E-state index contributed by atoms with van der Waals surface area (Å²) in [5.74, 6) is 0.294. The third kappa shape index (κ3) is 7.01. The fraction of sp³-hybridized carbons (Fsp3) is 0.259. The third-order valence-electron chi connectivity index (χ3n) is 5.85. The normalized spacial score (nSPS) is 10.4. The largest absolute Gasteiger partial charge is 0.480 e. The summed E-state index contributed by atoms with van der Waals surface area (Å²) in [6, 6.07) is 10.2. The topological polar surface area (TPSA) is 200 Å². The monoisotopic (exact) mass is 550 g/mol. The van der Waals surface area contributed by atoms with Crippen LogP contribution in [-0.2, 0) is 9.59 Å². The molecule has 0 unspecified atom stereocenters. The minimum Gasteiger partial charge on any atom is -0.480 e. The van der Waals surface area contributed by atoms with Gasteiger partial charge in [0.1, 0.15) is 29.5 Å². The average molecular weight is 551 g/mol. The molecule has 210 valence electrons. The Morgan fingerprint density at radius 3 is 1.82 bits per heavy atom. The van der Waals surface area contributed by atoms with Crippen molar-refractivity contribution in [1.29, 1.82) is 0 Å². The number of benzene rings is 2. The maximum Gasteiger partial charge on any atom is 0.322 e. The SMILES string of the molecule is CC(=O)CNc1ccc(-c2c(C)noc2C)cc1[N+](=O)[O-].Cc1noc(C)c1-c1ccc(NCC(=O)O)c(N)c1. The molecule has 4 rings (SSSR count). The molecule has 0 aliphatic carbocycles. The van der Waals surface area contributed by atoms with Crippen LogP contribution in [0.2, 0.25) is 0 Å². The van der Waals surface area contributed by atoms with E-state index in [9.17, 15) is 19.7 Å². The van der Waals surface area contributed by atoms with Crippen LogP contribution in [0.5, 0.6) is 0 Å². The fourth-order valence-electron chi connectivity index (χ4n) is 4.05. The first-order valence-electron chi connectivity index (χ1n) is 12.1. The Hall–Kier alpha value is -5.20. The van der Waals surface area contributed by atoms with Gasteiger partial charge in [0.25, 0.3) is 5.69 Å². The molecule has 2 heterocycles. The van der Waals surface area contributed by atoms with Crippen LogP contribution in [0.25, 0.3) is 22.3 Å². The molecule has 0 saturated heterocycles. The molecule has 13 nitrogen and oxygen atoms in total. The number of nitrogens with zero attached hydrogens (tertiary/aromatic N) is 3. The summed E-state index contributed by atoms with van der Waals surface area (Å²) in [6.07, 6.45) is 0. The van der Waals surface area contributed by atoms with E-state index in [1.165, 1.54) is 13.0 Å². The molecule has 0 atom stereocenters. The summed E-state index contributed by atoms with van der Waals surface area (Å²) in [5, 5.41) is 33.1. The highest BCUT2D eigenvalue weighted by Gasteiger charge is 2.19. The highest BCUT2D eigenvalue weighted by Crippen LogP contribution is 2.34. The van der Waals surface area contributed by atoms with Gasteiger partial charge in [0.15, 0.2) is 0 Å². The van der Waals surface area contributed by atoms with Crippen LogP contribution < -0.4 is 16.4 Å². The van der Waals surface area contributed by atoms with E-state index in [-0.39, 0.29) is 24.6 Å². The summed E-state index contributed by atoms with van der Waals surface area (Å²) in [6.45, 7) is 8.51. The van der Waals surface area contributed by atoms with Gasteiger partial charge >= 0.3 is 5.97 Å². The number of hydrogen-bond acceptors (Lipinski definition) is 11. The van der Waals surface area contributed by atoms with Gasteiger partial charge in [-0.2, -0.15) is 0 Å². The minimum absolute atomic E-state index is 0.0471. The highest BCUT2D eigenvalue weighted by molar-refractivity contribution is 5.83. The number of carboxylic acid groups (broad SMARTS) is 1. The molecule has 5 N–H and O–H groups in total. The van der Waals surface area contributed by atoms with Crippen molar-refractivity contribution in [3.05, 3.63) is 69.4 Å². The lowest BCUT2D eigenvalue weighted by atomic mass is 10.0. The van der Waals surface area contributed by atoms with E-state index in [1.54, 1.807) is 38.1 Å². The van der Waals surface area contributed by atoms with Gasteiger partial charge in [-0.25, -0.2) is 0 Å². The number of hydrogen-bond donors (Lipinski definition) is 4. The molecule has 0 saturated carbocycles. The molecule has 0 aliphatic rings. The Balaban J connectivity index is 0.000000222. The van der Waals surface area contributed by atoms with Crippen molar-refractivity contribution < 1.29 is 28.7 Å². The maximum atomic E-state index is 11.2. The first-order valence-corrected chi connectivity index (χ1v) is 12.1. The molecule has 2 aromatic heterocycles. The number of aryl methyl sites for hydroxylation is 4. The number of carboxylic acids is 1. The number of nitrogen functional groups attached to an aromatic ring is 1. The van der Waals surface area contributed by atoms with Crippen LogP contribution in [0.3, 0.4) is 0 Å². The van der Waals surface area contributed by atoms with Gasteiger partial charge in [-0.05, 0) is 63.9 Å². The Kier molecular flexibility index (Phi) is 9.22. The smallest absolute Gasteiger partial charge is 0.322 e. The zero-order valence-corrected chi connectivity index (χ0v) is 22.7. The number of ketones is 1. The van der Waals surface area contributed by atoms with Gasteiger partial charge < -0.3 is 30.5 Å². The molecule has 0 radical (unpaired) electrons. The van der Waals surface area contributed by atoms with E-state index < -0.39 is 10.9 Å². The van der Waals surface area contributed by atoms with Gasteiger partial charge in [0.2, 0.25) is 0 Å². The van der Waals surface area contributed by atoms with Crippen LogP contribution in [0.15, 0.2) is 45.4 Å². The fourth-order valence-corrected chi connectivity index (χ4v) is 4.05. The number of carbonyl (C=O) groups excluding carboxylic acids is 1. The number of nitro groups is 1. The Morgan fingerprint density at radius 2 is 1.40 bits per heavy atom.